The van der Waals surface area contributed by atoms with Gasteiger partial charge in [0.25, 0.3) is 5.91 Å². The van der Waals surface area contributed by atoms with Gasteiger partial charge < -0.3 is 20.2 Å². The summed E-state index contributed by atoms with van der Waals surface area (Å²) in [7, 11) is 0. The first-order valence-corrected chi connectivity index (χ1v) is 12.3. The van der Waals surface area contributed by atoms with E-state index in [0.29, 0.717) is 66.5 Å². The van der Waals surface area contributed by atoms with Gasteiger partial charge in [0.15, 0.2) is 11.3 Å². The van der Waals surface area contributed by atoms with E-state index in [9.17, 15) is 14.0 Å². The zero-order valence-electron chi connectivity index (χ0n) is 20.7. The molecule has 0 radical (unpaired) electrons. The third-order valence-corrected chi connectivity index (χ3v) is 6.40. The summed E-state index contributed by atoms with van der Waals surface area (Å²) in [6.45, 7) is 6.11. The smallest absolute Gasteiger partial charge is 0.267 e. The van der Waals surface area contributed by atoms with Crippen LogP contribution in [0.3, 0.4) is 0 Å². The molecule has 1 aliphatic rings. The highest BCUT2D eigenvalue weighted by atomic mass is 19.1. The van der Waals surface area contributed by atoms with Crippen LogP contribution in [-0.4, -0.2) is 67.9 Å². The molecule has 0 bridgehead atoms. The van der Waals surface area contributed by atoms with Crippen LogP contribution in [0.15, 0.2) is 53.6 Å². The third-order valence-electron chi connectivity index (χ3n) is 6.40. The van der Waals surface area contributed by atoms with Crippen LogP contribution < -0.4 is 16.1 Å². The Kier molecular flexibility index (Phi) is 6.95. The number of benzene rings is 1. The second-order valence-electron chi connectivity index (χ2n) is 9.41. The zero-order valence-corrected chi connectivity index (χ0v) is 20.7. The minimum atomic E-state index is -0.798. The summed E-state index contributed by atoms with van der Waals surface area (Å²) in [5, 5.41) is 14.7. The predicted octanol–water partition coefficient (Wildman–Crippen LogP) is 3.28. The lowest BCUT2D eigenvalue weighted by molar-refractivity contribution is 0.0945. The molecule has 3 N–H and O–H groups in total. The molecule has 0 saturated carbocycles. The van der Waals surface area contributed by atoms with E-state index in [-0.39, 0.29) is 23.1 Å². The van der Waals surface area contributed by atoms with Crippen LogP contribution in [0.2, 0.25) is 0 Å². The average molecular weight is 505 g/mol. The van der Waals surface area contributed by atoms with Crippen molar-refractivity contribution in [3.8, 4) is 11.5 Å². The molecule has 5 rings (SSSR count). The van der Waals surface area contributed by atoms with Crippen LogP contribution in [0.25, 0.3) is 22.4 Å². The molecule has 3 aromatic heterocycles. The van der Waals surface area contributed by atoms with Gasteiger partial charge in [-0.05, 0) is 44.5 Å². The van der Waals surface area contributed by atoms with Gasteiger partial charge in [0.2, 0.25) is 0 Å². The SMILES string of the molecule is CC(C)n1cnnc1-c1cccc(Nc2cccc3[nH]c(C(=O)NCCN4CCC(F)C4)cc(=O)c23)n1. The minimum absolute atomic E-state index is 0.174. The van der Waals surface area contributed by atoms with Crippen molar-refractivity contribution < 1.29 is 9.18 Å². The molecule has 192 valence electrons. The van der Waals surface area contributed by atoms with Gasteiger partial charge in [-0.25, -0.2) is 9.37 Å². The number of hydrogen-bond acceptors (Lipinski definition) is 7. The highest BCUT2D eigenvalue weighted by Gasteiger charge is 2.21. The molecular formula is C26H29FN8O2. The van der Waals surface area contributed by atoms with Crippen molar-refractivity contribution in [1.82, 2.24) is 34.9 Å². The molecule has 11 heteroatoms. The number of likely N-dealkylation sites (tertiary alicyclic amines) is 1. The topological polar surface area (TPSA) is 121 Å². The molecule has 1 atom stereocenters. The van der Waals surface area contributed by atoms with Gasteiger partial charge in [-0.2, -0.15) is 0 Å². The van der Waals surface area contributed by atoms with Crippen molar-refractivity contribution in [2.75, 3.05) is 31.5 Å². The van der Waals surface area contributed by atoms with Crippen molar-refractivity contribution >= 4 is 28.3 Å². The Labute approximate surface area is 212 Å². The number of nitrogens with one attached hydrogen (secondary N) is 3. The molecule has 4 heterocycles. The summed E-state index contributed by atoms with van der Waals surface area (Å²) >= 11 is 0. The molecule has 10 nitrogen and oxygen atoms in total. The number of carbonyl (C=O) groups is 1. The normalized spacial score (nSPS) is 15.9. The lowest BCUT2D eigenvalue weighted by Crippen LogP contribution is -2.34. The third kappa shape index (κ3) is 5.36. The van der Waals surface area contributed by atoms with Crippen LogP contribution in [0.5, 0.6) is 0 Å². The van der Waals surface area contributed by atoms with Crippen LogP contribution in [0.4, 0.5) is 15.9 Å². The maximum absolute atomic E-state index is 13.3. The van der Waals surface area contributed by atoms with E-state index in [1.54, 1.807) is 30.6 Å². The summed E-state index contributed by atoms with van der Waals surface area (Å²) < 4.78 is 15.3. The minimum Gasteiger partial charge on any atom is -0.350 e. The summed E-state index contributed by atoms with van der Waals surface area (Å²) in [6.07, 6.45) is 1.40. The summed E-state index contributed by atoms with van der Waals surface area (Å²) in [6, 6.07) is 12.3. The number of aromatic nitrogens is 5. The van der Waals surface area contributed by atoms with Gasteiger partial charge in [-0.1, -0.05) is 12.1 Å². The molecule has 1 aromatic carbocycles. The zero-order chi connectivity index (χ0) is 25.9. The number of H-pyrrole nitrogens is 1. The van der Waals surface area contributed by atoms with E-state index in [1.165, 1.54) is 6.07 Å². The highest BCUT2D eigenvalue weighted by molar-refractivity contribution is 5.98. The number of anilines is 2. The van der Waals surface area contributed by atoms with Crippen molar-refractivity contribution in [2.45, 2.75) is 32.5 Å². The Morgan fingerprint density at radius 1 is 1.24 bits per heavy atom. The van der Waals surface area contributed by atoms with E-state index in [4.69, 9.17) is 0 Å². The monoisotopic (exact) mass is 504 g/mol. The molecular weight excluding hydrogens is 475 g/mol. The molecule has 4 aromatic rings. The molecule has 1 fully saturated rings. The Balaban J connectivity index is 1.35. The highest BCUT2D eigenvalue weighted by Crippen LogP contribution is 2.25. The van der Waals surface area contributed by atoms with E-state index in [2.05, 4.69) is 30.8 Å². The molecule has 1 amide bonds. The quantitative estimate of drug-likeness (QED) is 0.337. The fourth-order valence-electron chi connectivity index (χ4n) is 4.51. The molecule has 0 aliphatic carbocycles. The fraction of sp³-hybridized carbons (Fsp3) is 0.346. The van der Waals surface area contributed by atoms with Crippen molar-refractivity contribution in [2.24, 2.45) is 0 Å². The Bertz CT molecular complexity index is 1480. The van der Waals surface area contributed by atoms with Gasteiger partial charge in [0.05, 0.1) is 16.6 Å². The second kappa shape index (κ2) is 10.5. The number of nitrogens with zero attached hydrogens (tertiary/aromatic N) is 5. The Morgan fingerprint density at radius 2 is 2.08 bits per heavy atom. The molecule has 1 unspecified atom stereocenters. The predicted molar refractivity (Wildman–Crippen MR) is 140 cm³/mol. The van der Waals surface area contributed by atoms with Gasteiger partial charge >= 0.3 is 0 Å². The largest absolute Gasteiger partial charge is 0.350 e. The number of alkyl halides is 1. The van der Waals surface area contributed by atoms with Crippen molar-refractivity contribution in [1.29, 1.82) is 0 Å². The lowest BCUT2D eigenvalue weighted by Gasteiger charge is -2.15. The fourth-order valence-corrected chi connectivity index (χ4v) is 4.51. The van der Waals surface area contributed by atoms with Gasteiger partial charge in [0.1, 0.15) is 29.7 Å². The van der Waals surface area contributed by atoms with E-state index in [0.717, 1.165) is 0 Å². The second-order valence-corrected chi connectivity index (χ2v) is 9.41. The first kappa shape index (κ1) is 24.6. The molecule has 37 heavy (non-hydrogen) atoms. The van der Waals surface area contributed by atoms with Gasteiger partial charge in [0, 0.05) is 38.3 Å². The number of hydrogen-bond donors (Lipinski definition) is 3. The lowest BCUT2D eigenvalue weighted by atomic mass is 10.1. The van der Waals surface area contributed by atoms with E-state index >= 15 is 0 Å². The van der Waals surface area contributed by atoms with E-state index in [1.807, 2.05) is 35.4 Å². The first-order chi connectivity index (χ1) is 17.9. The first-order valence-electron chi connectivity index (χ1n) is 12.3. The number of carbonyl (C=O) groups excluding carboxylic acids is 1. The standard InChI is InChI=1S/C26H29FN8O2/c1-16(2)35-15-29-33-25(35)20-7-4-8-23(32-20)31-19-6-3-5-18-24(19)22(36)13-21(30-18)26(37)28-10-12-34-11-9-17(27)14-34/h3-8,13,15-17H,9-12,14H2,1-2H3,(H,28,37)(H,30,36)(H,31,32). The van der Waals surface area contributed by atoms with Crippen LogP contribution in [0.1, 0.15) is 36.8 Å². The molecule has 1 aliphatic heterocycles. The number of rotatable bonds is 8. The number of halogens is 1. The summed E-state index contributed by atoms with van der Waals surface area (Å²) in [5.41, 5.74) is 1.62. The van der Waals surface area contributed by atoms with E-state index < -0.39 is 6.17 Å². The average Bonchev–Trinajstić information content (AvgIpc) is 3.53. The van der Waals surface area contributed by atoms with Crippen LogP contribution >= 0.6 is 0 Å². The maximum atomic E-state index is 13.3. The van der Waals surface area contributed by atoms with Gasteiger partial charge in [-0.15, -0.1) is 10.2 Å². The number of aromatic amines is 1. The molecule has 0 spiro atoms. The summed E-state index contributed by atoms with van der Waals surface area (Å²) in [5.74, 6) is 0.818. The number of amides is 1. The van der Waals surface area contributed by atoms with Crippen LogP contribution in [-0.2, 0) is 0 Å². The van der Waals surface area contributed by atoms with Gasteiger partial charge in [-0.3, -0.25) is 14.5 Å². The Morgan fingerprint density at radius 3 is 2.86 bits per heavy atom. The number of fused-ring (bicyclic) bond motifs is 1. The van der Waals surface area contributed by atoms with Crippen LogP contribution in [0, 0.1) is 0 Å². The molecule has 1 saturated heterocycles. The maximum Gasteiger partial charge on any atom is 0.267 e. The Hall–Kier alpha value is -4.12. The summed E-state index contributed by atoms with van der Waals surface area (Å²) in [4.78, 5) is 35.5. The van der Waals surface area contributed by atoms with Crippen molar-refractivity contribution in [3.05, 3.63) is 64.7 Å². The van der Waals surface area contributed by atoms with Crippen molar-refractivity contribution in [3.63, 3.8) is 0 Å². The number of pyridine rings is 2.